The number of benzene rings is 1. The third-order valence-electron chi connectivity index (χ3n) is 5.84. The van der Waals surface area contributed by atoms with Crippen LogP contribution in [0.3, 0.4) is 0 Å². The number of nitrogens with one attached hydrogen (secondary N) is 2. The summed E-state index contributed by atoms with van der Waals surface area (Å²) in [6, 6.07) is 13.8. The minimum atomic E-state index is -0.146. The predicted molar refractivity (Wildman–Crippen MR) is 114 cm³/mol. The number of aromatic nitrogens is 1. The fraction of sp³-hybridized carbons (Fsp3) is 0.409. The number of amides is 2. The zero-order valence-corrected chi connectivity index (χ0v) is 17.5. The van der Waals surface area contributed by atoms with Crippen LogP contribution < -0.4 is 10.6 Å². The lowest BCUT2D eigenvalue weighted by Crippen LogP contribution is -2.62. The molecule has 3 aliphatic rings. The van der Waals surface area contributed by atoms with Gasteiger partial charge in [0.25, 0.3) is 5.91 Å². The van der Waals surface area contributed by atoms with Crippen LogP contribution in [0.4, 0.5) is 5.82 Å². The lowest BCUT2D eigenvalue weighted by molar-refractivity contribution is -0.114. The molecule has 2 N–H and O–H groups in total. The number of carbonyl (C=O) groups excluding carboxylic acids is 2. The minimum absolute atomic E-state index is 0.00192. The summed E-state index contributed by atoms with van der Waals surface area (Å²) in [6.07, 6.45) is 2.35. The number of pyridine rings is 1. The minimum Gasteiger partial charge on any atom is -0.347 e. The van der Waals surface area contributed by atoms with E-state index in [0.717, 1.165) is 23.0 Å². The van der Waals surface area contributed by atoms with Gasteiger partial charge in [-0.15, -0.1) is 0 Å². The maximum Gasteiger partial charge on any atom is 0.251 e. The molecule has 0 spiro atoms. The Morgan fingerprint density at radius 2 is 1.83 bits per heavy atom. The van der Waals surface area contributed by atoms with Crippen molar-refractivity contribution in [2.75, 3.05) is 18.4 Å². The van der Waals surface area contributed by atoms with Crippen LogP contribution in [-0.2, 0) is 4.79 Å². The Bertz CT molecular complexity index is 892. The Labute approximate surface area is 175 Å². The van der Waals surface area contributed by atoms with E-state index in [1.807, 2.05) is 36.4 Å². The molecule has 0 unspecified atom stereocenters. The molecule has 4 heterocycles. The lowest BCUT2D eigenvalue weighted by Gasteiger charge is -2.49. The van der Waals surface area contributed by atoms with Crippen LogP contribution in [0, 0.1) is 5.92 Å². The maximum absolute atomic E-state index is 12.8. The van der Waals surface area contributed by atoms with Gasteiger partial charge in [0.1, 0.15) is 10.8 Å². The molecule has 6 nitrogen and oxygen atoms in total. The molecule has 2 amide bonds. The van der Waals surface area contributed by atoms with Crippen LogP contribution in [0.15, 0.2) is 52.4 Å². The van der Waals surface area contributed by atoms with Crippen LogP contribution in [0.5, 0.6) is 0 Å². The number of hydrogen-bond donors (Lipinski definition) is 2. The predicted octanol–water partition coefficient (Wildman–Crippen LogP) is 3.40. The summed E-state index contributed by atoms with van der Waals surface area (Å²) in [4.78, 5) is 31.8. The van der Waals surface area contributed by atoms with Gasteiger partial charge in [-0.05, 0) is 75.2 Å². The van der Waals surface area contributed by atoms with E-state index in [2.05, 4.69) is 27.4 Å². The van der Waals surface area contributed by atoms with Crippen LogP contribution in [0.2, 0.25) is 0 Å². The monoisotopic (exact) mass is 410 g/mol. The normalized spacial score (nSPS) is 25.4. The standard InChI is InChI=1S/C22H26N4O2S/c1-14-21(16-10-12-26(14)13-11-16)25-22(28)17-6-8-18(9-7-17)29-20-5-3-4-19(24-20)23-15(2)27/h3-9,14,16,21H,10-13H2,1-2H3,(H,25,28)(H,23,24,27)/t14-,21-/m0/s1. The van der Waals surface area contributed by atoms with E-state index in [4.69, 9.17) is 0 Å². The molecule has 29 heavy (non-hydrogen) atoms. The smallest absolute Gasteiger partial charge is 0.251 e. The van der Waals surface area contributed by atoms with Crippen molar-refractivity contribution >= 4 is 29.4 Å². The highest BCUT2D eigenvalue weighted by Gasteiger charge is 2.40. The highest BCUT2D eigenvalue weighted by Crippen LogP contribution is 2.32. The van der Waals surface area contributed by atoms with Gasteiger partial charge >= 0.3 is 0 Å². The summed E-state index contributed by atoms with van der Waals surface area (Å²) in [5, 5.41) is 6.75. The van der Waals surface area contributed by atoms with Crippen LogP contribution in [0.1, 0.15) is 37.0 Å². The highest BCUT2D eigenvalue weighted by atomic mass is 32.2. The molecule has 5 rings (SSSR count). The molecule has 2 aromatic rings. The molecule has 152 valence electrons. The van der Waals surface area contributed by atoms with Crippen LogP contribution >= 0.6 is 11.8 Å². The first kappa shape index (κ1) is 19.9. The van der Waals surface area contributed by atoms with Gasteiger partial charge in [0.05, 0.1) is 0 Å². The van der Waals surface area contributed by atoms with Gasteiger partial charge in [-0.25, -0.2) is 4.98 Å². The molecule has 0 saturated carbocycles. The molecular weight excluding hydrogens is 384 g/mol. The molecule has 1 aromatic carbocycles. The number of hydrogen-bond acceptors (Lipinski definition) is 5. The molecule has 0 aliphatic carbocycles. The molecule has 7 heteroatoms. The van der Waals surface area contributed by atoms with E-state index in [0.29, 0.717) is 23.3 Å². The summed E-state index contributed by atoms with van der Waals surface area (Å²) in [6.45, 7) is 5.99. The van der Waals surface area contributed by atoms with Gasteiger partial charge in [-0.3, -0.25) is 14.5 Å². The Morgan fingerprint density at radius 1 is 1.10 bits per heavy atom. The van der Waals surface area contributed by atoms with Crippen molar-refractivity contribution < 1.29 is 9.59 Å². The number of fused-ring (bicyclic) bond motifs is 3. The van der Waals surface area contributed by atoms with E-state index in [1.165, 1.54) is 31.5 Å². The number of carbonyl (C=O) groups is 2. The van der Waals surface area contributed by atoms with Gasteiger partial charge in [0, 0.05) is 29.5 Å². The largest absolute Gasteiger partial charge is 0.347 e. The number of piperidine rings is 3. The maximum atomic E-state index is 12.8. The van der Waals surface area contributed by atoms with E-state index in [1.54, 1.807) is 6.07 Å². The average molecular weight is 411 g/mol. The SMILES string of the molecule is CC(=O)Nc1cccc(Sc2ccc(C(=O)N[C@@H]3C4CCN(CC4)[C@H]3C)cc2)n1. The second kappa shape index (κ2) is 8.55. The van der Waals surface area contributed by atoms with Crippen LogP contribution in [0.25, 0.3) is 0 Å². The number of anilines is 1. The van der Waals surface area contributed by atoms with E-state index >= 15 is 0 Å². The summed E-state index contributed by atoms with van der Waals surface area (Å²) >= 11 is 1.49. The van der Waals surface area contributed by atoms with Crippen molar-refractivity contribution in [3.8, 4) is 0 Å². The molecule has 2 atom stereocenters. The molecular formula is C22H26N4O2S. The molecule has 1 aromatic heterocycles. The first-order valence-corrected chi connectivity index (χ1v) is 10.9. The molecule has 3 aliphatic heterocycles. The third-order valence-corrected chi connectivity index (χ3v) is 6.79. The first-order valence-electron chi connectivity index (χ1n) is 10.1. The van der Waals surface area contributed by atoms with Crippen LogP contribution in [-0.4, -0.2) is 46.9 Å². The Hall–Kier alpha value is -2.38. The lowest BCUT2D eigenvalue weighted by atomic mass is 9.79. The van der Waals surface area contributed by atoms with Gasteiger partial charge in [-0.2, -0.15) is 0 Å². The van der Waals surface area contributed by atoms with Crippen molar-refractivity contribution in [2.24, 2.45) is 5.92 Å². The van der Waals surface area contributed by atoms with E-state index in [9.17, 15) is 9.59 Å². The first-order chi connectivity index (χ1) is 14.0. The van der Waals surface area contributed by atoms with E-state index in [-0.39, 0.29) is 17.9 Å². The van der Waals surface area contributed by atoms with Crippen molar-refractivity contribution in [1.82, 2.24) is 15.2 Å². The Morgan fingerprint density at radius 3 is 2.48 bits per heavy atom. The van der Waals surface area contributed by atoms with Gasteiger partial charge in [-0.1, -0.05) is 17.8 Å². The second-order valence-corrected chi connectivity index (χ2v) is 8.88. The Kier molecular flexibility index (Phi) is 5.87. The molecule has 2 bridgehead atoms. The summed E-state index contributed by atoms with van der Waals surface area (Å²) in [5.41, 5.74) is 0.679. The highest BCUT2D eigenvalue weighted by molar-refractivity contribution is 7.99. The topological polar surface area (TPSA) is 74.3 Å². The van der Waals surface area contributed by atoms with Gasteiger partial charge in [0.15, 0.2) is 0 Å². The van der Waals surface area contributed by atoms with Gasteiger partial charge in [0.2, 0.25) is 5.91 Å². The fourth-order valence-corrected chi connectivity index (χ4v) is 5.10. The van der Waals surface area contributed by atoms with Gasteiger partial charge < -0.3 is 10.6 Å². The third kappa shape index (κ3) is 4.62. The summed E-state index contributed by atoms with van der Waals surface area (Å²) in [5.74, 6) is 0.978. The summed E-state index contributed by atoms with van der Waals surface area (Å²) < 4.78 is 0. The quantitative estimate of drug-likeness (QED) is 0.790. The van der Waals surface area contributed by atoms with Crippen molar-refractivity contribution in [3.63, 3.8) is 0 Å². The Balaban J connectivity index is 1.39. The molecule has 3 saturated heterocycles. The average Bonchev–Trinajstić information content (AvgIpc) is 2.71. The van der Waals surface area contributed by atoms with Crippen molar-refractivity contribution in [1.29, 1.82) is 0 Å². The molecule has 0 radical (unpaired) electrons. The number of nitrogens with zero attached hydrogens (tertiary/aromatic N) is 2. The zero-order chi connectivity index (χ0) is 20.4. The van der Waals surface area contributed by atoms with E-state index < -0.39 is 0 Å². The van der Waals surface area contributed by atoms with Crippen molar-refractivity contribution in [2.45, 2.75) is 48.7 Å². The fourth-order valence-electron chi connectivity index (χ4n) is 4.30. The number of rotatable bonds is 5. The second-order valence-electron chi connectivity index (χ2n) is 7.78. The summed E-state index contributed by atoms with van der Waals surface area (Å²) in [7, 11) is 0. The van der Waals surface area contributed by atoms with Crippen molar-refractivity contribution in [3.05, 3.63) is 48.0 Å². The zero-order valence-electron chi connectivity index (χ0n) is 16.7. The molecule has 3 fully saturated rings.